The number of fused-ring (bicyclic) bond motifs is 1. The number of carbonyl (C=O) groups is 1. The van der Waals surface area contributed by atoms with Crippen LogP contribution in [0.5, 0.6) is 11.5 Å². The number of rotatable bonds is 5. The van der Waals surface area contributed by atoms with Gasteiger partial charge in [0, 0.05) is 38.3 Å². The van der Waals surface area contributed by atoms with Crippen molar-refractivity contribution < 1.29 is 23.1 Å². The van der Waals surface area contributed by atoms with Gasteiger partial charge in [-0.25, -0.2) is 9.18 Å². The van der Waals surface area contributed by atoms with Crippen LogP contribution in [0.25, 0.3) is 11.5 Å². The van der Waals surface area contributed by atoms with E-state index in [0.29, 0.717) is 31.7 Å². The summed E-state index contributed by atoms with van der Waals surface area (Å²) < 4.78 is 30.0. The number of nitrogens with zero attached hydrogens (tertiary/aromatic N) is 4. The van der Waals surface area contributed by atoms with Crippen LogP contribution in [-0.4, -0.2) is 58.5 Å². The Kier molecular flexibility index (Phi) is 5.36. The van der Waals surface area contributed by atoms with Crippen molar-refractivity contribution in [3.05, 3.63) is 64.4 Å². The van der Waals surface area contributed by atoms with E-state index in [9.17, 15) is 14.0 Å². The van der Waals surface area contributed by atoms with Crippen LogP contribution < -0.4 is 15.2 Å². The summed E-state index contributed by atoms with van der Waals surface area (Å²) in [6, 6.07) is 11.3. The first-order valence-corrected chi connectivity index (χ1v) is 10.3. The highest BCUT2D eigenvalue weighted by Gasteiger charge is 2.23. The van der Waals surface area contributed by atoms with Crippen molar-refractivity contribution in [3.63, 3.8) is 0 Å². The van der Waals surface area contributed by atoms with E-state index in [2.05, 4.69) is 10.00 Å². The summed E-state index contributed by atoms with van der Waals surface area (Å²) >= 11 is 0. The fourth-order valence-corrected chi connectivity index (χ4v) is 3.80. The summed E-state index contributed by atoms with van der Waals surface area (Å²) in [5.74, 6) is 0.247. The monoisotopic (exact) mass is 440 g/mol. The van der Waals surface area contributed by atoms with Crippen LogP contribution in [0.4, 0.5) is 4.39 Å². The quantitative estimate of drug-likeness (QED) is 0.597. The maximum atomic E-state index is 13.1. The summed E-state index contributed by atoms with van der Waals surface area (Å²) in [7, 11) is 0. The third-order valence-electron chi connectivity index (χ3n) is 5.55. The second kappa shape index (κ2) is 8.46. The lowest BCUT2D eigenvalue weighted by Gasteiger charge is -2.34. The molecule has 166 valence electrons. The molecule has 5 rings (SSSR count). The number of aromatic nitrogens is 2. The zero-order valence-electron chi connectivity index (χ0n) is 17.2. The molecule has 0 N–H and O–H groups in total. The van der Waals surface area contributed by atoms with Crippen LogP contribution >= 0.6 is 0 Å². The van der Waals surface area contributed by atoms with E-state index in [0.717, 1.165) is 28.3 Å². The molecule has 2 aliphatic heterocycles. The van der Waals surface area contributed by atoms with Crippen molar-refractivity contribution in [2.24, 2.45) is 0 Å². The van der Waals surface area contributed by atoms with Gasteiger partial charge in [-0.1, -0.05) is 6.07 Å². The van der Waals surface area contributed by atoms with Crippen LogP contribution in [0.3, 0.4) is 0 Å². The van der Waals surface area contributed by atoms with E-state index < -0.39 is 11.6 Å². The third-order valence-corrected chi connectivity index (χ3v) is 5.55. The lowest BCUT2D eigenvalue weighted by atomic mass is 10.1. The molecule has 0 saturated carbocycles. The lowest BCUT2D eigenvalue weighted by molar-refractivity contribution is -0.134. The van der Waals surface area contributed by atoms with Gasteiger partial charge >= 0.3 is 5.76 Å². The van der Waals surface area contributed by atoms with E-state index in [-0.39, 0.29) is 25.1 Å². The molecule has 1 saturated heterocycles. The predicted molar refractivity (Wildman–Crippen MR) is 111 cm³/mol. The number of hydrogen-bond donors (Lipinski definition) is 0. The maximum Gasteiger partial charge on any atom is 0.437 e. The lowest BCUT2D eigenvalue weighted by Crippen LogP contribution is -2.49. The van der Waals surface area contributed by atoms with Crippen LogP contribution in [0.1, 0.15) is 5.56 Å². The minimum absolute atomic E-state index is 0.0522. The topological polar surface area (TPSA) is 90.0 Å². The highest BCUT2D eigenvalue weighted by atomic mass is 19.1. The molecule has 0 aliphatic carbocycles. The second-order valence-electron chi connectivity index (χ2n) is 7.68. The summed E-state index contributed by atoms with van der Waals surface area (Å²) in [6.45, 7) is 3.35. The van der Waals surface area contributed by atoms with Gasteiger partial charge in [0.25, 0.3) is 0 Å². The third kappa shape index (κ3) is 4.22. The molecule has 0 bridgehead atoms. The fourth-order valence-electron chi connectivity index (χ4n) is 3.80. The van der Waals surface area contributed by atoms with Gasteiger partial charge in [0.05, 0.1) is 0 Å². The summed E-state index contributed by atoms with van der Waals surface area (Å²) in [5.41, 5.74) is 1.59. The Morgan fingerprint density at radius 1 is 1.00 bits per heavy atom. The Morgan fingerprint density at radius 3 is 2.53 bits per heavy atom. The molecule has 1 fully saturated rings. The van der Waals surface area contributed by atoms with Crippen molar-refractivity contribution in [3.8, 4) is 23.0 Å². The molecular weight excluding hydrogens is 419 g/mol. The smallest absolute Gasteiger partial charge is 0.437 e. The number of amides is 1. The van der Waals surface area contributed by atoms with E-state index in [4.69, 9.17) is 13.9 Å². The van der Waals surface area contributed by atoms with Gasteiger partial charge in [0.1, 0.15) is 12.4 Å². The number of carbonyl (C=O) groups excluding carboxylic acids is 1. The van der Waals surface area contributed by atoms with Gasteiger partial charge in [0.15, 0.2) is 11.5 Å². The first-order valence-electron chi connectivity index (χ1n) is 10.3. The highest BCUT2D eigenvalue weighted by molar-refractivity contribution is 5.76. The van der Waals surface area contributed by atoms with Gasteiger partial charge < -0.3 is 18.8 Å². The van der Waals surface area contributed by atoms with Gasteiger partial charge in [0.2, 0.25) is 18.6 Å². The Labute approximate surface area is 182 Å². The Balaban J connectivity index is 1.16. The maximum absolute atomic E-state index is 13.1. The average Bonchev–Trinajstić information content (AvgIpc) is 3.41. The molecule has 3 aromatic rings. The van der Waals surface area contributed by atoms with Crippen molar-refractivity contribution in [2.75, 3.05) is 33.0 Å². The van der Waals surface area contributed by atoms with E-state index in [1.165, 1.54) is 24.3 Å². The highest BCUT2D eigenvalue weighted by Crippen LogP contribution is 2.32. The van der Waals surface area contributed by atoms with Crippen LogP contribution in [0.2, 0.25) is 0 Å². The Morgan fingerprint density at radius 2 is 1.75 bits per heavy atom. The van der Waals surface area contributed by atoms with Crippen LogP contribution in [0.15, 0.2) is 51.7 Å². The van der Waals surface area contributed by atoms with Crippen LogP contribution in [0, 0.1) is 5.82 Å². The molecule has 3 heterocycles. The van der Waals surface area contributed by atoms with Crippen molar-refractivity contribution in [1.29, 1.82) is 0 Å². The summed E-state index contributed by atoms with van der Waals surface area (Å²) in [5, 5.41) is 4.08. The second-order valence-corrected chi connectivity index (χ2v) is 7.68. The SMILES string of the molecule is O=C(Cn1nc(-c2ccc(F)cc2)oc1=O)N1CCN(Cc2ccc3c(c2)OCO3)CC1. The van der Waals surface area contributed by atoms with Gasteiger partial charge in [-0.15, -0.1) is 5.10 Å². The number of halogens is 1. The largest absolute Gasteiger partial charge is 0.454 e. The number of ether oxygens (including phenoxy) is 2. The zero-order valence-corrected chi connectivity index (χ0v) is 17.2. The molecule has 10 heteroatoms. The number of piperazine rings is 1. The van der Waals surface area contributed by atoms with Gasteiger partial charge in [-0.05, 0) is 42.0 Å². The molecule has 1 amide bonds. The van der Waals surface area contributed by atoms with Crippen molar-refractivity contribution >= 4 is 5.91 Å². The minimum Gasteiger partial charge on any atom is -0.454 e. The molecule has 2 aromatic carbocycles. The Bertz CT molecular complexity index is 1180. The molecule has 1 aromatic heterocycles. The van der Waals surface area contributed by atoms with E-state index in [1.807, 2.05) is 18.2 Å². The molecule has 32 heavy (non-hydrogen) atoms. The van der Waals surface area contributed by atoms with E-state index in [1.54, 1.807) is 4.90 Å². The fraction of sp³-hybridized carbons (Fsp3) is 0.318. The van der Waals surface area contributed by atoms with Crippen molar-refractivity contribution in [2.45, 2.75) is 13.1 Å². The average molecular weight is 440 g/mol. The molecule has 9 nitrogen and oxygen atoms in total. The molecule has 0 unspecified atom stereocenters. The zero-order chi connectivity index (χ0) is 22.1. The first kappa shape index (κ1) is 20.3. The molecule has 0 spiro atoms. The van der Waals surface area contributed by atoms with Crippen LogP contribution in [-0.2, 0) is 17.9 Å². The first-order chi connectivity index (χ1) is 15.5. The van der Waals surface area contributed by atoms with Gasteiger partial charge in [-0.3, -0.25) is 9.69 Å². The molecule has 0 atom stereocenters. The number of benzene rings is 2. The predicted octanol–water partition coefficient (Wildman–Crippen LogP) is 1.72. The number of hydrogen-bond acceptors (Lipinski definition) is 7. The summed E-state index contributed by atoms with van der Waals surface area (Å²) in [6.07, 6.45) is 0. The summed E-state index contributed by atoms with van der Waals surface area (Å²) in [4.78, 5) is 28.8. The Hall–Kier alpha value is -3.66. The molecular formula is C22H21FN4O5. The minimum atomic E-state index is -0.723. The normalized spacial score (nSPS) is 15.8. The van der Waals surface area contributed by atoms with Crippen molar-refractivity contribution in [1.82, 2.24) is 19.6 Å². The van der Waals surface area contributed by atoms with E-state index >= 15 is 0 Å². The van der Waals surface area contributed by atoms with Gasteiger partial charge in [-0.2, -0.15) is 4.68 Å². The molecule has 0 radical (unpaired) electrons. The molecule has 2 aliphatic rings. The standard InChI is InChI=1S/C22H21FN4O5/c23-17-4-2-16(3-5-17)21-24-27(22(29)32-21)13-20(28)26-9-7-25(8-10-26)12-15-1-6-18-19(11-15)31-14-30-18/h1-6,11H,7-10,12-14H2.